The highest BCUT2D eigenvalue weighted by atomic mass is 16.4. The van der Waals surface area contributed by atoms with Crippen LogP contribution in [0.3, 0.4) is 0 Å². The van der Waals surface area contributed by atoms with Crippen LogP contribution in [0.25, 0.3) is 0 Å². The van der Waals surface area contributed by atoms with E-state index in [0.29, 0.717) is 6.42 Å². The Kier molecular flexibility index (Phi) is 4.74. The van der Waals surface area contributed by atoms with E-state index < -0.39 is 23.7 Å². The van der Waals surface area contributed by atoms with Gasteiger partial charge in [-0.1, -0.05) is 13.8 Å². The van der Waals surface area contributed by atoms with Gasteiger partial charge >= 0.3 is 5.97 Å². The van der Waals surface area contributed by atoms with E-state index in [1.165, 1.54) is 12.1 Å². The van der Waals surface area contributed by atoms with Crippen molar-refractivity contribution < 1.29 is 24.9 Å². The highest BCUT2D eigenvalue weighted by molar-refractivity contribution is 5.97. The molecule has 0 saturated heterocycles. The molecule has 0 aliphatic heterocycles. The van der Waals surface area contributed by atoms with E-state index in [2.05, 4.69) is 5.32 Å². The van der Waals surface area contributed by atoms with Gasteiger partial charge in [0.05, 0.1) is 0 Å². The Morgan fingerprint density at radius 3 is 2.32 bits per heavy atom. The number of benzene rings is 1. The van der Waals surface area contributed by atoms with E-state index in [-0.39, 0.29) is 17.2 Å². The maximum Gasteiger partial charge on any atom is 0.326 e. The molecule has 1 amide bonds. The fourth-order valence-corrected chi connectivity index (χ4v) is 1.60. The van der Waals surface area contributed by atoms with E-state index in [0.717, 1.165) is 6.07 Å². The molecule has 0 heterocycles. The molecule has 0 bridgehead atoms. The quantitative estimate of drug-likeness (QED) is 0.602. The number of nitrogens with one attached hydrogen (secondary N) is 1. The van der Waals surface area contributed by atoms with Crippen molar-refractivity contribution in [2.45, 2.75) is 26.3 Å². The normalized spacial score (nSPS) is 12.2. The van der Waals surface area contributed by atoms with E-state index in [4.69, 9.17) is 10.2 Å². The summed E-state index contributed by atoms with van der Waals surface area (Å²) in [5, 5.41) is 29.8. The molecule has 1 aromatic carbocycles. The lowest BCUT2D eigenvalue weighted by molar-refractivity contribution is -0.139. The summed E-state index contributed by atoms with van der Waals surface area (Å²) in [6, 6.07) is 2.57. The Morgan fingerprint density at radius 1 is 1.21 bits per heavy atom. The summed E-state index contributed by atoms with van der Waals surface area (Å²) >= 11 is 0. The third-order valence-electron chi connectivity index (χ3n) is 2.55. The van der Waals surface area contributed by atoms with Crippen molar-refractivity contribution in [3.05, 3.63) is 23.8 Å². The number of aliphatic carboxylic acids is 1. The zero-order valence-corrected chi connectivity index (χ0v) is 10.8. The Bertz CT molecular complexity index is 484. The van der Waals surface area contributed by atoms with Crippen LogP contribution in [0.4, 0.5) is 0 Å². The molecule has 1 aromatic rings. The van der Waals surface area contributed by atoms with Gasteiger partial charge in [-0.3, -0.25) is 4.79 Å². The summed E-state index contributed by atoms with van der Waals surface area (Å²) in [7, 11) is 0. The second-order valence-electron chi connectivity index (χ2n) is 4.70. The van der Waals surface area contributed by atoms with Gasteiger partial charge in [-0.25, -0.2) is 4.79 Å². The first-order chi connectivity index (χ1) is 8.81. The molecule has 0 radical (unpaired) electrons. The second-order valence-corrected chi connectivity index (χ2v) is 4.70. The number of aromatic hydroxyl groups is 2. The molecule has 1 atom stereocenters. The zero-order valence-electron chi connectivity index (χ0n) is 10.8. The number of carbonyl (C=O) groups excluding carboxylic acids is 1. The molecule has 0 saturated carbocycles. The summed E-state index contributed by atoms with van der Waals surface area (Å²) in [5.74, 6) is -2.36. The van der Waals surface area contributed by atoms with Crippen LogP contribution in [0.2, 0.25) is 0 Å². The van der Waals surface area contributed by atoms with Crippen molar-refractivity contribution >= 4 is 11.9 Å². The minimum atomic E-state index is -1.11. The number of rotatable bonds is 5. The van der Waals surface area contributed by atoms with Crippen LogP contribution < -0.4 is 5.32 Å². The molecule has 0 aliphatic carbocycles. The fraction of sp³-hybridized carbons (Fsp3) is 0.385. The van der Waals surface area contributed by atoms with Gasteiger partial charge in [0.25, 0.3) is 5.91 Å². The number of hydrogen-bond acceptors (Lipinski definition) is 4. The van der Waals surface area contributed by atoms with Crippen LogP contribution in [0, 0.1) is 5.92 Å². The van der Waals surface area contributed by atoms with Gasteiger partial charge in [0.15, 0.2) is 11.5 Å². The highest BCUT2D eigenvalue weighted by Gasteiger charge is 2.22. The van der Waals surface area contributed by atoms with Crippen molar-refractivity contribution in [1.29, 1.82) is 0 Å². The maximum atomic E-state index is 11.8. The standard InChI is InChI=1S/C13H17NO5/c1-7(2)5-9(13(18)19)14-12(17)8-3-4-10(15)11(16)6-8/h3-4,6-7,9,15-16H,5H2,1-2H3,(H,14,17)(H,18,19)/t9-/m1/s1. The van der Waals surface area contributed by atoms with E-state index in [9.17, 15) is 14.7 Å². The molecule has 19 heavy (non-hydrogen) atoms. The van der Waals surface area contributed by atoms with Crippen molar-refractivity contribution in [3.8, 4) is 11.5 Å². The first kappa shape index (κ1) is 14.8. The molecule has 6 heteroatoms. The van der Waals surface area contributed by atoms with Crippen molar-refractivity contribution in [3.63, 3.8) is 0 Å². The summed E-state index contributed by atoms with van der Waals surface area (Å²) < 4.78 is 0. The van der Waals surface area contributed by atoms with E-state index >= 15 is 0 Å². The van der Waals surface area contributed by atoms with Crippen LogP contribution in [0.5, 0.6) is 11.5 Å². The molecule has 6 nitrogen and oxygen atoms in total. The Hall–Kier alpha value is -2.24. The number of phenols is 2. The van der Waals surface area contributed by atoms with Gasteiger partial charge in [-0.15, -0.1) is 0 Å². The molecule has 4 N–H and O–H groups in total. The van der Waals surface area contributed by atoms with Crippen LogP contribution >= 0.6 is 0 Å². The van der Waals surface area contributed by atoms with E-state index in [1.807, 2.05) is 13.8 Å². The second kappa shape index (κ2) is 6.08. The SMILES string of the molecule is CC(C)C[C@@H](NC(=O)c1ccc(O)c(O)c1)C(=O)O. The summed E-state index contributed by atoms with van der Waals surface area (Å²) in [6.45, 7) is 3.71. The molecule has 104 valence electrons. The number of amides is 1. The zero-order chi connectivity index (χ0) is 14.6. The fourth-order valence-electron chi connectivity index (χ4n) is 1.60. The van der Waals surface area contributed by atoms with Gasteiger partial charge in [0, 0.05) is 5.56 Å². The lowest BCUT2D eigenvalue weighted by Gasteiger charge is -2.16. The third-order valence-corrected chi connectivity index (χ3v) is 2.55. The monoisotopic (exact) mass is 267 g/mol. The Morgan fingerprint density at radius 2 is 1.84 bits per heavy atom. The first-order valence-corrected chi connectivity index (χ1v) is 5.87. The van der Waals surface area contributed by atoms with Gasteiger partial charge in [0.2, 0.25) is 0 Å². The predicted molar refractivity (Wildman–Crippen MR) is 68.1 cm³/mol. The molecule has 1 rings (SSSR count). The molecule has 0 aliphatic rings. The molecular formula is C13H17NO5. The minimum absolute atomic E-state index is 0.0882. The average molecular weight is 267 g/mol. The lowest BCUT2D eigenvalue weighted by Crippen LogP contribution is -2.41. The summed E-state index contributed by atoms with van der Waals surface area (Å²) in [4.78, 5) is 22.9. The Labute approximate surface area is 110 Å². The molecular weight excluding hydrogens is 250 g/mol. The van der Waals surface area contributed by atoms with Crippen molar-refractivity contribution in [2.75, 3.05) is 0 Å². The van der Waals surface area contributed by atoms with Gasteiger partial charge in [0.1, 0.15) is 6.04 Å². The van der Waals surface area contributed by atoms with Gasteiger partial charge in [-0.05, 0) is 30.5 Å². The first-order valence-electron chi connectivity index (χ1n) is 5.87. The van der Waals surface area contributed by atoms with Crippen LogP contribution in [0.1, 0.15) is 30.6 Å². The topological polar surface area (TPSA) is 107 Å². The van der Waals surface area contributed by atoms with Crippen LogP contribution in [-0.4, -0.2) is 33.2 Å². The predicted octanol–water partition coefficient (Wildman–Crippen LogP) is 1.33. The third kappa shape index (κ3) is 4.17. The smallest absolute Gasteiger partial charge is 0.326 e. The van der Waals surface area contributed by atoms with Crippen LogP contribution in [0.15, 0.2) is 18.2 Å². The molecule has 0 fully saturated rings. The minimum Gasteiger partial charge on any atom is -0.504 e. The maximum absolute atomic E-state index is 11.8. The molecule has 0 spiro atoms. The van der Waals surface area contributed by atoms with Crippen molar-refractivity contribution in [1.82, 2.24) is 5.32 Å². The summed E-state index contributed by atoms with van der Waals surface area (Å²) in [5.41, 5.74) is 0.0882. The number of hydrogen-bond donors (Lipinski definition) is 4. The lowest BCUT2D eigenvalue weighted by atomic mass is 10.0. The number of phenolic OH excluding ortho intramolecular Hbond substituents is 2. The largest absolute Gasteiger partial charge is 0.504 e. The number of carboxylic acids is 1. The van der Waals surface area contributed by atoms with Gasteiger partial charge in [-0.2, -0.15) is 0 Å². The molecule has 0 unspecified atom stereocenters. The van der Waals surface area contributed by atoms with Crippen molar-refractivity contribution in [2.24, 2.45) is 5.92 Å². The number of carbonyl (C=O) groups is 2. The highest BCUT2D eigenvalue weighted by Crippen LogP contribution is 2.24. The average Bonchev–Trinajstić information content (AvgIpc) is 2.31. The molecule has 0 aromatic heterocycles. The van der Waals surface area contributed by atoms with Crippen LogP contribution in [-0.2, 0) is 4.79 Å². The van der Waals surface area contributed by atoms with Gasteiger partial charge < -0.3 is 20.6 Å². The van der Waals surface area contributed by atoms with E-state index in [1.54, 1.807) is 0 Å². The Balaban J connectivity index is 2.81. The number of carboxylic acid groups (broad SMARTS) is 1. The summed E-state index contributed by atoms with van der Waals surface area (Å²) in [6.07, 6.45) is 0.311.